The number of rotatable bonds is 21. The fraction of sp³-hybridized carbons (Fsp3) is 0.367. The standard InChI is InChI=1S/C49H57N7O4/c1-7-26-56(45(57)27-33(5)8-2)43(10-4)47-51-29-42(53-47)38-22-18-36(19-23-38)35-16-20-37(21-17-35)41-28-50-44(52-41)31-55(30-34(9-3)32-60-6)49(59)46(39-14-12-11-13-15-39)54-48(58)40-24-25-40/h3,10-23,28-29,33-34,40,43,46H,4,7-8,24-27,30-32H2,1-2,5-6H3,(H,50,52)(H,51,53)(H,54,58)/t33-,34-,43?,46+/m0/s1. The summed E-state index contributed by atoms with van der Waals surface area (Å²) >= 11 is 0. The molecule has 0 aliphatic heterocycles. The zero-order chi connectivity index (χ0) is 42.6. The minimum Gasteiger partial charge on any atom is -0.383 e. The van der Waals surface area contributed by atoms with Crippen LogP contribution in [0.25, 0.3) is 33.6 Å². The number of terminal acetylenes is 1. The topological polar surface area (TPSA) is 136 Å². The molecule has 0 radical (unpaired) electrons. The maximum atomic E-state index is 14.3. The highest BCUT2D eigenvalue weighted by Crippen LogP contribution is 2.31. The fourth-order valence-electron chi connectivity index (χ4n) is 7.27. The molecule has 5 aromatic rings. The van der Waals surface area contributed by atoms with Crippen molar-refractivity contribution >= 4 is 17.7 Å². The van der Waals surface area contributed by atoms with Crippen molar-refractivity contribution in [3.63, 3.8) is 0 Å². The van der Waals surface area contributed by atoms with Gasteiger partial charge in [-0.1, -0.05) is 118 Å². The first kappa shape index (κ1) is 43.3. The highest BCUT2D eigenvalue weighted by molar-refractivity contribution is 5.90. The lowest BCUT2D eigenvalue weighted by molar-refractivity contribution is -0.138. The third kappa shape index (κ3) is 10.9. The third-order valence-corrected chi connectivity index (χ3v) is 11.1. The SMILES string of the molecule is C#C[C@H](COC)CN(Cc1ncc(-c2ccc(-c3ccc(-c4cnc(C(C=C)N(CCC)C(=O)C[C@@H](C)CC)[nH]4)cc3)cc2)[nH]1)C(=O)[C@H](NC(=O)C1CC1)c1ccccc1. The number of amides is 3. The summed E-state index contributed by atoms with van der Waals surface area (Å²) in [6.45, 7) is 11.6. The molecule has 4 atom stereocenters. The Bertz CT molecular complexity index is 2230. The number of hydrogen-bond donors (Lipinski definition) is 3. The van der Waals surface area contributed by atoms with Crippen LogP contribution in [0.15, 0.2) is 104 Å². The molecule has 2 heterocycles. The van der Waals surface area contributed by atoms with Gasteiger partial charge in [-0.25, -0.2) is 9.97 Å². The Morgan fingerprint density at radius 1 is 0.933 bits per heavy atom. The molecule has 6 rings (SSSR count). The summed E-state index contributed by atoms with van der Waals surface area (Å²) in [7, 11) is 1.58. The van der Waals surface area contributed by atoms with E-state index in [2.05, 4.69) is 94.9 Å². The normalized spacial score (nSPS) is 14.3. The number of nitrogens with one attached hydrogen (secondary N) is 3. The van der Waals surface area contributed by atoms with Crippen molar-refractivity contribution in [1.29, 1.82) is 0 Å². The number of ether oxygens (including phenoxy) is 1. The van der Waals surface area contributed by atoms with E-state index in [1.54, 1.807) is 24.3 Å². The van der Waals surface area contributed by atoms with E-state index in [0.29, 0.717) is 36.1 Å². The molecule has 3 amide bonds. The van der Waals surface area contributed by atoms with Gasteiger partial charge in [-0.3, -0.25) is 14.4 Å². The molecule has 0 saturated heterocycles. The quantitative estimate of drug-likeness (QED) is 0.0503. The number of methoxy groups -OCH3 is 1. The summed E-state index contributed by atoms with van der Waals surface area (Å²) in [4.78, 5) is 60.2. The van der Waals surface area contributed by atoms with Crippen molar-refractivity contribution < 1.29 is 19.1 Å². The van der Waals surface area contributed by atoms with Crippen LogP contribution >= 0.6 is 0 Å². The van der Waals surface area contributed by atoms with E-state index in [1.165, 1.54) is 0 Å². The molecule has 2 aromatic heterocycles. The van der Waals surface area contributed by atoms with Gasteiger partial charge < -0.3 is 29.8 Å². The van der Waals surface area contributed by atoms with Crippen LogP contribution in [-0.4, -0.2) is 74.3 Å². The van der Waals surface area contributed by atoms with E-state index in [-0.39, 0.29) is 55.3 Å². The van der Waals surface area contributed by atoms with Crippen LogP contribution in [0.1, 0.15) is 82.2 Å². The minimum atomic E-state index is -0.865. The zero-order valence-corrected chi connectivity index (χ0v) is 35.2. The van der Waals surface area contributed by atoms with E-state index in [9.17, 15) is 14.4 Å². The molecule has 3 aromatic carbocycles. The van der Waals surface area contributed by atoms with Gasteiger partial charge in [0, 0.05) is 32.5 Å². The van der Waals surface area contributed by atoms with Crippen molar-refractivity contribution in [1.82, 2.24) is 35.1 Å². The summed E-state index contributed by atoms with van der Waals surface area (Å²) < 4.78 is 5.36. The highest BCUT2D eigenvalue weighted by Gasteiger charge is 2.35. The highest BCUT2D eigenvalue weighted by atomic mass is 16.5. The lowest BCUT2D eigenvalue weighted by Crippen LogP contribution is -2.45. The molecule has 60 heavy (non-hydrogen) atoms. The van der Waals surface area contributed by atoms with Gasteiger partial charge in [-0.05, 0) is 53.0 Å². The number of benzene rings is 3. The number of imidazole rings is 2. The number of carbonyl (C=O) groups excluding carboxylic acids is 3. The number of carbonyl (C=O) groups is 3. The summed E-state index contributed by atoms with van der Waals surface area (Å²) in [5.74, 6) is 3.67. The molecule has 1 aliphatic rings. The fourth-order valence-corrected chi connectivity index (χ4v) is 7.27. The maximum Gasteiger partial charge on any atom is 0.250 e. The first-order valence-corrected chi connectivity index (χ1v) is 21.0. The molecule has 1 aliphatic carbocycles. The van der Waals surface area contributed by atoms with Gasteiger partial charge in [0.2, 0.25) is 17.7 Å². The van der Waals surface area contributed by atoms with Crippen LogP contribution in [0.3, 0.4) is 0 Å². The number of aromatic nitrogens is 4. The smallest absolute Gasteiger partial charge is 0.250 e. The predicted molar refractivity (Wildman–Crippen MR) is 236 cm³/mol. The van der Waals surface area contributed by atoms with Crippen LogP contribution < -0.4 is 5.32 Å². The Hall–Kier alpha value is -6.25. The van der Waals surface area contributed by atoms with Gasteiger partial charge in [0.15, 0.2) is 0 Å². The average molecular weight is 808 g/mol. The molecule has 1 fully saturated rings. The average Bonchev–Trinajstić information content (AvgIpc) is 3.84. The second-order valence-electron chi connectivity index (χ2n) is 15.7. The Labute approximate surface area is 354 Å². The van der Waals surface area contributed by atoms with E-state index in [4.69, 9.17) is 11.2 Å². The molecule has 1 saturated carbocycles. The lowest BCUT2D eigenvalue weighted by atomic mass is 10.0. The largest absolute Gasteiger partial charge is 0.383 e. The van der Waals surface area contributed by atoms with Crippen molar-refractivity contribution in [3.8, 4) is 46.0 Å². The van der Waals surface area contributed by atoms with E-state index in [1.807, 2.05) is 53.6 Å². The number of nitrogens with zero attached hydrogens (tertiary/aromatic N) is 4. The van der Waals surface area contributed by atoms with Gasteiger partial charge >= 0.3 is 0 Å². The van der Waals surface area contributed by atoms with Gasteiger partial charge in [0.05, 0.1) is 42.9 Å². The van der Waals surface area contributed by atoms with E-state index >= 15 is 0 Å². The molecule has 312 valence electrons. The van der Waals surface area contributed by atoms with E-state index in [0.717, 1.165) is 59.3 Å². The van der Waals surface area contributed by atoms with Crippen LogP contribution in [0.2, 0.25) is 0 Å². The van der Waals surface area contributed by atoms with Crippen molar-refractivity contribution in [2.24, 2.45) is 17.8 Å². The van der Waals surface area contributed by atoms with Crippen LogP contribution in [0.5, 0.6) is 0 Å². The third-order valence-electron chi connectivity index (χ3n) is 11.1. The molecule has 0 bridgehead atoms. The number of hydrogen-bond acceptors (Lipinski definition) is 6. The summed E-state index contributed by atoms with van der Waals surface area (Å²) in [5, 5.41) is 3.01. The minimum absolute atomic E-state index is 0.0600. The van der Waals surface area contributed by atoms with Crippen LogP contribution in [0, 0.1) is 30.1 Å². The van der Waals surface area contributed by atoms with Crippen molar-refractivity contribution in [2.45, 2.75) is 71.5 Å². The first-order valence-electron chi connectivity index (χ1n) is 21.0. The molecule has 0 spiro atoms. The summed E-state index contributed by atoms with van der Waals surface area (Å²) in [6, 6.07) is 24.6. The first-order chi connectivity index (χ1) is 29.2. The molecule has 1 unspecified atom stereocenters. The van der Waals surface area contributed by atoms with Crippen LogP contribution in [-0.2, 0) is 25.7 Å². The van der Waals surface area contributed by atoms with Gasteiger partial charge in [0.25, 0.3) is 0 Å². The van der Waals surface area contributed by atoms with E-state index < -0.39 is 6.04 Å². The number of aromatic amines is 2. The Balaban J connectivity index is 1.15. The molecule has 11 nitrogen and oxygen atoms in total. The molecule has 11 heteroatoms. The van der Waals surface area contributed by atoms with Crippen molar-refractivity contribution in [3.05, 3.63) is 121 Å². The van der Waals surface area contributed by atoms with Gasteiger partial charge in [-0.15, -0.1) is 13.0 Å². The number of H-pyrrole nitrogens is 2. The summed E-state index contributed by atoms with van der Waals surface area (Å²) in [5.41, 5.74) is 6.40. The van der Waals surface area contributed by atoms with Gasteiger partial charge in [0.1, 0.15) is 23.7 Å². The van der Waals surface area contributed by atoms with Crippen LogP contribution in [0.4, 0.5) is 0 Å². The predicted octanol–water partition coefficient (Wildman–Crippen LogP) is 8.53. The summed E-state index contributed by atoms with van der Waals surface area (Å²) in [6.07, 6.45) is 15.2. The van der Waals surface area contributed by atoms with Gasteiger partial charge in [-0.2, -0.15) is 0 Å². The van der Waals surface area contributed by atoms with Crippen molar-refractivity contribution in [2.75, 3.05) is 26.8 Å². The molecule has 3 N–H and O–H groups in total. The molecular formula is C49H57N7O4. The monoisotopic (exact) mass is 807 g/mol. The second-order valence-corrected chi connectivity index (χ2v) is 15.7. The Morgan fingerprint density at radius 2 is 1.55 bits per heavy atom. The Morgan fingerprint density at radius 3 is 2.12 bits per heavy atom. The molecular weight excluding hydrogens is 751 g/mol. The Kier molecular flexibility index (Phi) is 14.9. The second kappa shape index (κ2) is 20.6. The zero-order valence-electron chi connectivity index (χ0n) is 35.2. The lowest BCUT2D eigenvalue weighted by Gasteiger charge is -2.29. The maximum absolute atomic E-state index is 14.3.